The van der Waals surface area contributed by atoms with Gasteiger partial charge in [0, 0.05) is 18.0 Å². The highest BCUT2D eigenvalue weighted by Crippen LogP contribution is 2.26. The molecule has 1 aromatic heterocycles. The summed E-state index contributed by atoms with van der Waals surface area (Å²) in [6.45, 7) is 0. The van der Waals surface area contributed by atoms with E-state index in [1.807, 2.05) is 24.3 Å². The van der Waals surface area contributed by atoms with Crippen molar-refractivity contribution in [2.45, 2.75) is 6.04 Å². The molecule has 100 valence electrons. The molecule has 2 aromatic carbocycles. The average Bonchev–Trinajstić information content (AvgIpc) is 2.48. The van der Waals surface area contributed by atoms with Crippen LogP contribution in [0.3, 0.4) is 0 Å². The SMILES string of the molecule is NNC(c1cccc(F)c1)c1cccc2nccnc12. The summed E-state index contributed by atoms with van der Waals surface area (Å²) in [7, 11) is 0. The van der Waals surface area contributed by atoms with Crippen LogP contribution >= 0.6 is 0 Å². The predicted molar refractivity (Wildman–Crippen MR) is 75.1 cm³/mol. The first-order valence-electron chi connectivity index (χ1n) is 6.21. The molecule has 0 aliphatic rings. The van der Waals surface area contributed by atoms with Crippen LogP contribution in [-0.2, 0) is 0 Å². The van der Waals surface area contributed by atoms with Gasteiger partial charge >= 0.3 is 0 Å². The molecule has 0 spiro atoms. The Kier molecular flexibility index (Phi) is 3.37. The molecule has 0 fully saturated rings. The highest BCUT2D eigenvalue weighted by atomic mass is 19.1. The first-order chi connectivity index (χ1) is 9.79. The van der Waals surface area contributed by atoms with Gasteiger partial charge in [-0.25, -0.2) is 9.82 Å². The maximum absolute atomic E-state index is 13.4. The molecule has 20 heavy (non-hydrogen) atoms. The molecule has 0 bridgehead atoms. The van der Waals surface area contributed by atoms with Crippen LogP contribution in [0, 0.1) is 5.82 Å². The van der Waals surface area contributed by atoms with Crippen molar-refractivity contribution in [2.75, 3.05) is 0 Å². The third kappa shape index (κ3) is 2.24. The van der Waals surface area contributed by atoms with Crippen molar-refractivity contribution in [3.8, 4) is 0 Å². The van der Waals surface area contributed by atoms with Crippen LogP contribution < -0.4 is 11.3 Å². The van der Waals surface area contributed by atoms with E-state index in [0.717, 1.165) is 22.2 Å². The van der Waals surface area contributed by atoms with E-state index in [9.17, 15) is 4.39 Å². The number of hydrazine groups is 1. The first-order valence-corrected chi connectivity index (χ1v) is 6.21. The van der Waals surface area contributed by atoms with Crippen molar-refractivity contribution in [1.29, 1.82) is 0 Å². The van der Waals surface area contributed by atoms with Crippen LogP contribution in [0.1, 0.15) is 17.2 Å². The Morgan fingerprint density at radius 2 is 1.85 bits per heavy atom. The molecule has 3 aromatic rings. The van der Waals surface area contributed by atoms with Crippen molar-refractivity contribution in [1.82, 2.24) is 15.4 Å². The molecule has 0 saturated heterocycles. The van der Waals surface area contributed by atoms with E-state index in [4.69, 9.17) is 5.84 Å². The van der Waals surface area contributed by atoms with Crippen LogP contribution in [0.15, 0.2) is 54.9 Å². The zero-order valence-electron chi connectivity index (χ0n) is 10.6. The van der Waals surface area contributed by atoms with Gasteiger partial charge in [-0.3, -0.25) is 15.8 Å². The van der Waals surface area contributed by atoms with Crippen LogP contribution in [0.25, 0.3) is 11.0 Å². The Morgan fingerprint density at radius 1 is 1.05 bits per heavy atom. The van der Waals surface area contributed by atoms with Crippen LogP contribution in [0.4, 0.5) is 4.39 Å². The Balaban J connectivity index is 2.17. The lowest BCUT2D eigenvalue weighted by atomic mass is 9.98. The third-order valence-electron chi connectivity index (χ3n) is 3.19. The van der Waals surface area contributed by atoms with Gasteiger partial charge in [-0.1, -0.05) is 24.3 Å². The predicted octanol–water partition coefficient (Wildman–Crippen LogP) is 2.32. The molecule has 0 aliphatic heterocycles. The zero-order valence-corrected chi connectivity index (χ0v) is 10.6. The molecular weight excluding hydrogens is 255 g/mol. The van der Waals surface area contributed by atoms with Gasteiger partial charge in [0.1, 0.15) is 5.82 Å². The van der Waals surface area contributed by atoms with Crippen molar-refractivity contribution in [2.24, 2.45) is 5.84 Å². The summed E-state index contributed by atoms with van der Waals surface area (Å²) >= 11 is 0. The number of nitrogens with two attached hydrogens (primary N) is 1. The maximum Gasteiger partial charge on any atom is 0.123 e. The number of para-hydroxylation sites is 1. The molecule has 1 heterocycles. The van der Waals surface area contributed by atoms with Gasteiger partial charge < -0.3 is 0 Å². The van der Waals surface area contributed by atoms with Crippen molar-refractivity contribution in [3.63, 3.8) is 0 Å². The smallest absolute Gasteiger partial charge is 0.123 e. The zero-order chi connectivity index (χ0) is 13.9. The summed E-state index contributed by atoms with van der Waals surface area (Å²) in [5.41, 5.74) is 5.86. The van der Waals surface area contributed by atoms with Gasteiger partial charge in [0.05, 0.1) is 17.1 Å². The monoisotopic (exact) mass is 268 g/mol. The number of halogens is 1. The van der Waals surface area contributed by atoms with Gasteiger partial charge in [-0.2, -0.15) is 0 Å². The van der Waals surface area contributed by atoms with Crippen LogP contribution in [0.5, 0.6) is 0 Å². The lowest BCUT2D eigenvalue weighted by Crippen LogP contribution is -2.29. The van der Waals surface area contributed by atoms with Gasteiger partial charge in [0.2, 0.25) is 0 Å². The number of nitrogens with one attached hydrogen (secondary N) is 1. The second-order valence-electron chi connectivity index (χ2n) is 4.43. The van der Waals surface area contributed by atoms with Gasteiger partial charge in [-0.05, 0) is 23.8 Å². The molecular formula is C15H13FN4. The minimum absolute atomic E-state index is 0.297. The number of nitrogens with zero attached hydrogens (tertiary/aromatic N) is 2. The lowest BCUT2D eigenvalue weighted by molar-refractivity contribution is 0.606. The molecule has 1 unspecified atom stereocenters. The molecule has 3 rings (SSSR count). The number of hydrogen-bond acceptors (Lipinski definition) is 4. The minimum Gasteiger partial charge on any atom is -0.271 e. The summed E-state index contributed by atoms with van der Waals surface area (Å²) in [5, 5.41) is 0. The van der Waals surface area contributed by atoms with E-state index in [0.29, 0.717) is 0 Å². The fraction of sp³-hybridized carbons (Fsp3) is 0.0667. The molecule has 4 nitrogen and oxygen atoms in total. The van der Waals surface area contributed by atoms with E-state index >= 15 is 0 Å². The van der Waals surface area contributed by atoms with Crippen LogP contribution in [-0.4, -0.2) is 9.97 Å². The molecule has 5 heteroatoms. The third-order valence-corrected chi connectivity index (χ3v) is 3.19. The molecule has 1 atom stereocenters. The average molecular weight is 268 g/mol. The number of hydrogen-bond donors (Lipinski definition) is 2. The van der Waals surface area contributed by atoms with Crippen molar-refractivity contribution >= 4 is 11.0 Å². The molecule has 0 amide bonds. The molecule has 3 N–H and O–H groups in total. The standard InChI is InChI=1S/C15H13FN4/c16-11-4-1-3-10(9-11)14(20-17)12-5-2-6-13-15(12)19-8-7-18-13/h1-9,14,20H,17H2. The van der Waals surface area contributed by atoms with Crippen molar-refractivity contribution in [3.05, 3.63) is 71.8 Å². The van der Waals surface area contributed by atoms with Crippen molar-refractivity contribution < 1.29 is 4.39 Å². The number of benzene rings is 2. The highest BCUT2D eigenvalue weighted by Gasteiger charge is 2.16. The van der Waals surface area contributed by atoms with Crippen LogP contribution in [0.2, 0.25) is 0 Å². The Hall–Kier alpha value is -2.37. The molecule has 0 saturated carbocycles. The van der Waals surface area contributed by atoms with Gasteiger partial charge in [0.15, 0.2) is 0 Å². The molecule has 0 radical (unpaired) electrons. The summed E-state index contributed by atoms with van der Waals surface area (Å²) in [5.74, 6) is 5.36. The number of aromatic nitrogens is 2. The van der Waals surface area contributed by atoms with Gasteiger partial charge in [0.25, 0.3) is 0 Å². The minimum atomic E-state index is -0.342. The van der Waals surface area contributed by atoms with E-state index in [1.54, 1.807) is 18.5 Å². The largest absolute Gasteiger partial charge is 0.271 e. The van der Waals surface area contributed by atoms with E-state index < -0.39 is 0 Å². The highest BCUT2D eigenvalue weighted by molar-refractivity contribution is 5.78. The normalized spacial score (nSPS) is 12.5. The van der Waals surface area contributed by atoms with E-state index in [2.05, 4.69) is 15.4 Å². The topological polar surface area (TPSA) is 63.8 Å². The van der Waals surface area contributed by atoms with Gasteiger partial charge in [-0.15, -0.1) is 0 Å². The van der Waals surface area contributed by atoms with E-state index in [1.165, 1.54) is 12.1 Å². The summed E-state index contributed by atoms with van der Waals surface area (Å²) in [4.78, 5) is 8.61. The Bertz CT molecular complexity index is 739. The molecule has 0 aliphatic carbocycles. The fourth-order valence-corrected chi connectivity index (χ4v) is 2.30. The maximum atomic E-state index is 13.4. The lowest BCUT2D eigenvalue weighted by Gasteiger charge is -2.18. The second-order valence-corrected chi connectivity index (χ2v) is 4.43. The quantitative estimate of drug-likeness (QED) is 0.565. The second kappa shape index (κ2) is 5.32. The fourth-order valence-electron chi connectivity index (χ4n) is 2.30. The summed E-state index contributed by atoms with van der Waals surface area (Å²) in [6.07, 6.45) is 3.27. The van der Waals surface area contributed by atoms with E-state index in [-0.39, 0.29) is 11.9 Å². The Labute approximate surface area is 115 Å². The summed E-state index contributed by atoms with van der Waals surface area (Å²) < 4.78 is 13.4. The summed E-state index contributed by atoms with van der Waals surface area (Å²) in [6, 6.07) is 11.7. The first kappa shape index (κ1) is 12.7. The number of rotatable bonds is 3. The number of fused-ring (bicyclic) bond motifs is 1. The Morgan fingerprint density at radius 3 is 2.65 bits per heavy atom.